The van der Waals surface area contributed by atoms with E-state index < -0.39 is 0 Å². The van der Waals surface area contributed by atoms with Gasteiger partial charge >= 0.3 is 0 Å². The standard InChI is InChI=1S/C17H21N7S/c1-17(18)5-9-24(10-6-17)13-11-20-14-15(21-13)23(2)22-16(14)25-12-3-7-19-8-4-12/h3-4,7-8,11H,5-6,9-10,18H2,1-2H3. The van der Waals surface area contributed by atoms with E-state index in [-0.39, 0.29) is 5.54 Å². The van der Waals surface area contributed by atoms with Gasteiger partial charge in [0.25, 0.3) is 0 Å². The van der Waals surface area contributed by atoms with Crippen LogP contribution in [0.3, 0.4) is 0 Å². The lowest BCUT2D eigenvalue weighted by atomic mass is 9.91. The topological polar surface area (TPSA) is 85.8 Å². The first-order valence-electron chi connectivity index (χ1n) is 8.33. The van der Waals surface area contributed by atoms with Gasteiger partial charge in [-0.3, -0.25) is 4.98 Å². The van der Waals surface area contributed by atoms with E-state index in [0.717, 1.165) is 52.8 Å². The van der Waals surface area contributed by atoms with Crippen LogP contribution in [0.15, 0.2) is 40.6 Å². The number of nitrogens with two attached hydrogens (primary N) is 1. The third-order valence-corrected chi connectivity index (χ3v) is 5.56. The fourth-order valence-corrected chi connectivity index (χ4v) is 3.85. The van der Waals surface area contributed by atoms with Crippen LogP contribution in [0, 0.1) is 0 Å². The van der Waals surface area contributed by atoms with Crippen molar-refractivity contribution in [3.8, 4) is 0 Å². The van der Waals surface area contributed by atoms with E-state index in [9.17, 15) is 0 Å². The molecule has 0 unspecified atom stereocenters. The number of hydrogen-bond donors (Lipinski definition) is 1. The van der Waals surface area contributed by atoms with Crippen LogP contribution in [0.1, 0.15) is 19.8 Å². The van der Waals surface area contributed by atoms with Crippen LogP contribution in [0.2, 0.25) is 0 Å². The molecule has 1 fully saturated rings. The van der Waals surface area contributed by atoms with E-state index in [4.69, 9.17) is 10.7 Å². The van der Waals surface area contributed by atoms with Gasteiger partial charge in [-0.25, -0.2) is 14.6 Å². The molecule has 0 bridgehead atoms. The summed E-state index contributed by atoms with van der Waals surface area (Å²) in [6, 6.07) is 3.93. The van der Waals surface area contributed by atoms with Crippen LogP contribution in [-0.2, 0) is 7.05 Å². The maximum absolute atomic E-state index is 6.23. The lowest BCUT2D eigenvalue weighted by molar-refractivity contribution is 0.363. The molecular formula is C17H21N7S. The molecular weight excluding hydrogens is 334 g/mol. The summed E-state index contributed by atoms with van der Waals surface area (Å²) >= 11 is 1.57. The molecule has 0 radical (unpaired) electrons. The van der Waals surface area contributed by atoms with Crippen molar-refractivity contribution in [2.45, 2.75) is 35.2 Å². The Hall–Kier alpha value is -2.19. The Morgan fingerprint density at radius 1 is 1.20 bits per heavy atom. The van der Waals surface area contributed by atoms with Crippen molar-refractivity contribution in [1.82, 2.24) is 24.7 Å². The summed E-state index contributed by atoms with van der Waals surface area (Å²) in [4.78, 5) is 16.8. The minimum absolute atomic E-state index is 0.0745. The SMILES string of the molecule is Cn1nc(Sc2ccncc2)c2ncc(N3CCC(C)(N)CC3)nc21. The Bertz CT molecular complexity index is 881. The van der Waals surface area contributed by atoms with Crippen molar-refractivity contribution in [2.24, 2.45) is 12.8 Å². The molecule has 3 aromatic heterocycles. The number of nitrogens with zero attached hydrogens (tertiary/aromatic N) is 6. The molecule has 130 valence electrons. The summed E-state index contributed by atoms with van der Waals surface area (Å²) in [6.45, 7) is 3.93. The van der Waals surface area contributed by atoms with Gasteiger partial charge in [-0.2, -0.15) is 5.10 Å². The van der Waals surface area contributed by atoms with Crippen molar-refractivity contribution < 1.29 is 0 Å². The van der Waals surface area contributed by atoms with Gasteiger partial charge in [0.15, 0.2) is 10.7 Å². The number of pyridine rings is 1. The fraction of sp³-hybridized carbons (Fsp3) is 0.412. The summed E-state index contributed by atoms with van der Waals surface area (Å²) in [6.07, 6.45) is 7.32. The van der Waals surface area contributed by atoms with Crippen molar-refractivity contribution in [3.63, 3.8) is 0 Å². The predicted octanol–water partition coefficient (Wildman–Crippen LogP) is 2.23. The summed E-state index contributed by atoms with van der Waals surface area (Å²) in [7, 11) is 1.91. The van der Waals surface area contributed by atoms with Gasteiger partial charge in [0.1, 0.15) is 11.3 Å². The number of aryl methyl sites for hydroxylation is 1. The minimum atomic E-state index is -0.0745. The van der Waals surface area contributed by atoms with E-state index in [2.05, 4.69) is 26.9 Å². The summed E-state index contributed by atoms with van der Waals surface area (Å²) in [5.74, 6) is 0.895. The zero-order chi connectivity index (χ0) is 17.4. The van der Waals surface area contributed by atoms with Crippen LogP contribution < -0.4 is 10.6 Å². The molecule has 8 heteroatoms. The maximum Gasteiger partial charge on any atom is 0.179 e. The van der Waals surface area contributed by atoms with E-state index in [1.54, 1.807) is 28.8 Å². The number of fused-ring (bicyclic) bond motifs is 1. The second-order valence-electron chi connectivity index (χ2n) is 6.76. The van der Waals surface area contributed by atoms with Gasteiger partial charge in [-0.1, -0.05) is 11.8 Å². The summed E-state index contributed by atoms with van der Waals surface area (Å²) < 4.78 is 1.80. The van der Waals surface area contributed by atoms with Gasteiger partial charge in [-0.05, 0) is 31.9 Å². The molecule has 0 atom stereocenters. The first-order valence-corrected chi connectivity index (χ1v) is 9.15. The molecule has 1 aliphatic heterocycles. The molecule has 1 aliphatic rings. The van der Waals surface area contributed by atoms with E-state index in [1.807, 2.05) is 25.4 Å². The average molecular weight is 355 g/mol. The number of anilines is 1. The second-order valence-corrected chi connectivity index (χ2v) is 7.82. The van der Waals surface area contributed by atoms with Crippen LogP contribution in [0.4, 0.5) is 5.82 Å². The Morgan fingerprint density at radius 2 is 1.92 bits per heavy atom. The van der Waals surface area contributed by atoms with Gasteiger partial charge in [0, 0.05) is 43.0 Å². The third kappa shape index (κ3) is 3.32. The van der Waals surface area contributed by atoms with Gasteiger partial charge < -0.3 is 10.6 Å². The monoisotopic (exact) mass is 355 g/mol. The van der Waals surface area contributed by atoms with Crippen LogP contribution in [-0.4, -0.2) is 43.4 Å². The van der Waals surface area contributed by atoms with Crippen LogP contribution in [0.25, 0.3) is 11.2 Å². The molecule has 1 saturated heterocycles. The lowest BCUT2D eigenvalue weighted by Gasteiger charge is -2.37. The largest absolute Gasteiger partial charge is 0.355 e. The zero-order valence-electron chi connectivity index (χ0n) is 14.4. The van der Waals surface area contributed by atoms with Crippen molar-refractivity contribution in [2.75, 3.05) is 18.0 Å². The van der Waals surface area contributed by atoms with Gasteiger partial charge in [-0.15, -0.1) is 0 Å². The average Bonchev–Trinajstić information content (AvgIpc) is 2.91. The van der Waals surface area contributed by atoms with Gasteiger partial charge in [0.2, 0.25) is 0 Å². The Morgan fingerprint density at radius 3 is 2.64 bits per heavy atom. The summed E-state index contributed by atoms with van der Waals surface area (Å²) in [5, 5.41) is 5.45. The Kier molecular flexibility index (Phi) is 4.09. The van der Waals surface area contributed by atoms with E-state index in [1.165, 1.54) is 0 Å². The first kappa shape index (κ1) is 16.3. The molecule has 4 heterocycles. The lowest BCUT2D eigenvalue weighted by Crippen LogP contribution is -2.48. The summed E-state index contributed by atoms with van der Waals surface area (Å²) in [5.41, 5.74) is 7.78. The highest BCUT2D eigenvalue weighted by Gasteiger charge is 2.27. The normalized spacial score (nSPS) is 17.2. The van der Waals surface area contributed by atoms with E-state index in [0.29, 0.717) is 0 Å². The first-order chi connectivity index (χ1) is 12.0. The third-order valence-electron chi connectivity index (χ3n) is 4.59. The van der Waals surface area contributed by atoms with Crippen LogP contribution >= 0.6 is 11.8 Å². The number of aromatic nitrogens is 5. The second kappa shape index (κ2) is 6.27. The van der Waals surface area contributed by atoms with Crippen molar-refractivity contribution in [3.05, 3.63) is 30.7 Å². The highest BCUT2D eigenvalue weighted by atomic mass is 32.2. The molecule has 0 spiro atoms. The zero-order valence-corrected chi connectivity index (χ0v) is 15.2. The molecule has 3 aromatic rings. The number of hydrogen-bond acceptors (Lipinski definition) is 7. The van der Waals surface area contributed by atoms with Crippen LogP contribution in [0.5, 0.6) is 0 Å². The molecule has 0 aliphatic carbocycles. The minimum Gasteiger partial charge on any atom is -0.355 e. The molecule has 7 nitrogen and oxygen atoms in total. The van der Waals surface area contributed by atoms with E-state index >= 15 is 0 Å². The number of piperidine rings is 1. The maximum atomic E-state index is 6.23. The molecule has 25 heavy (non-hydrogen) atoms. The molecule has 2 N–H and O–H groups in total. The van der Waals surface area contributed by atoms with Gasteiger partial charge in [0.05, 0.1) is 6.20 Å². The molecule has 4 rings (SSSR count). The highest BCUT2D eigenvalue weighted by molar-refractivity contribution is 7.99. The Labute approximate surface area is 150 Å². The molecule has 0 amide bonds. The molecule has 0 saturated carbocycles. The smallest absolute Gasteiger partial charge is 0.179 e. The fourth-order valence-electron chi connectivity index (χ4n) is 2.96. The number of rotatable bonds is 3. The quantitative estimate of drug-likeness (QED) is 0.771. The predicted molar refractivity (Wildman–Crippen MR) is 98.7 cm³/mol. The highest BCUT2D eigenvalue weighted by Crippen LogP contribution is 2.31. The van der Waals surface area contributed by atoms with Crippen molar-refractivity contribution in [1.29, 1.82) is 0 Å². The molecule has 0 aromatic carbocycles. The van der Waals surface area contributed by atoms with Crippen molar-refractivity contribution >= 4 is 28.7 Å². The Balaban J connectivity index is 1.62.